The highest BCUT2D eigenvalue weighted by Crippen LogP contribution is 2.42. The predicted octanol–water partition coefficient (Wildman–Crippen LogP) is 8.90. The van der Waals surface area contributed by atoms with Crippen LogP contribution in [-0.4, -0.2) is 44.8 Å². The van der Waals surface area contributed by atoms with Crippen molar-refractivity contribution in [3.05, 3.63) is 150 Å². The van der Waals surface area contributed by atoms with Crippen LogP contribution in [-0.2, 0) is 0 Å². The summed E-state index contributed by atoms with van der Waals surface area (Å²) in [5.41, 5.74) is 12.9. The second-order valence-corrected chi connectivity index (χ2v) is 12.9. The third-order valence-electron chi connectivity index (χ3n) is 9.71. The molecule has 1 atom stereocenters. The Balaban J connectivity index is 1.03. The highest BCUT2D eigenvalue weighted by atomic mass is 15.1. The van der Waals surface area contributed by atoms with Crippen LogP contribution in [0.5, 0.6) is 0 Å². The van der Waals surface area contributed by atoms with Crippen molar-refractivity contribution in [2.24, 2.45) is 4.99 Å². The van der Waals surface area contributed by atoms with Crippen LogP contribution in [0.15, 0.2) is 138 Å². The van der Waals surface area contributed by atoms with Gasteiger partial charge in [-0.3, -0.25) is 9.98 Å². The number of fused-ring (bicyclic) bond motifs is 5. The number of anilines is 1. The molecule has 0 amide bonds. The molecule has 1 aliphatic carbocycles. The Morgan fingerprint density at radius 3 is 2.40 bits per heavy atom. The first-order valence-corrected chi connectivity index (χ1v) is 16.3. The molecule has 0 bridgehead atoms. The van der Waals surface area contributed by atoms with E-state index < -0.39 is 5.54 Å². The van der Waals surface area contributed by atoms with Gasteiger partial charge in [0.15, 0.2) is 5.82 Å². The van der Waals surface area contributed by atoms with Gasteiger partial charge in [-0.05, 0) is 76.7 Å². The van der Waals surface area contributed by atoms with E-state index in [1.54, 1.807) is 12.4 Å². The van der Waals surface area contributed by atoms with Crippen molar-refractivity contribution in [1.82, 2.24) is 19.9 Å². The lowest BCUT2D eigenvalue weighted by atomic mass is 9.79. The second kappa shape index (κ2) is 11.1. The summed E-state index contributed by atoms with van der Waals surface area (Å²) in [4.78, 5) is 26.2. The molecule has 6 heteroatoms. The van der Waals surface area contributed by atoms with E-state index >= 15 is 0 Å². The number of allylic oxidation sites excluding steroid dienone is 3. The Labute approximate surface area is 279 Å². The number of hydrogen-bond acceptors (Lipinski definition) is 6. The van der Waals surface area contributed by atoms with Crippen molar-refractivity contribution in [1.29, 1.82) is 0 Å². The number of nitrogens with zero attached hydrogens (tertiary/aromatic N) is 6. The van der Waals surface area contributed by atoms with Crippen molar-refractivity contribution in [2.45, 2.75) is 18.9 Å². The lowest BCUT2D eigenvalue weighted by Gasteiger charge is -2.33. The van der Waals surface area contributed by atoms with E-state index in [2.05, 4.69) is 126 Å². The molecule has 3 aliphatic rings. The Bertz CT molecular complexity index is 2420. The number of aliphatic imine (C=N–C) groups is 1. The highest BCUT2D eigenvalue weighted by molar-refractivity contribution is 6.08. The number of dihydropyridines is 1. The summed E-state index contributed by atoms with van der Waals surface area (Å²) >= 11 is 0. The largest absolute Gasteiger partial charge is 0.369 e. The van der Waals surface area contributed by atoms with E-state index in [1.807, 2.05) is 24.4 Å². The van der Waals surface area contributed by atoms with Crippen LogP contribution in [0.2, 0.25) is 0 Å². The summed E-state index contributed by atoms with van der Waals surface area (Å²) in [6.07, 6.45) is 19.1. The van der Waals surface area contributed by atoms with Crippen molar-refractivity contribution < 1.29 is 0 Å². The van der Waals surface area contributed by atoms with E-state index in [0.717, 1.165) is 57.3 Å². The number of aromatic nitrogens is 4. The smallest absolute Gasteiger partial charge is 0.177 e. The highest BCUT2D eigenvalue weighted by Gasteiger charge is 2.34. The van der Waals surface area contributed by atoms with E-state index in [9.17, 15) is 0 Å². The third-order valence-corrected chi connectivity index (χ3v) is 9.71. The summed E-state index contributed by atoms with van der Waals surface area (Å²) in [7, 11) is 2.14. The molecule has 6 nitrogen and oxygen atoms in total. The monoisotopic (exact) mass is 620 g/mol. The van der Waals surface area contributed by atoms with Crippen LogP contribution in [0.1, 0.15) is 30.4 Å². The lowest BCUT2D eigenvalue weighted by Crippen LogP contribution is -2.31. The van der Waals surface area contributed by atoms with Gasteiger partial charge in [0.25, 0.3) is 0 Å². The average molecular weight is 621 g/mol. The van der Waals surface area contributed by atoms with Crippen molar-refractivity contribution in [3.63, 3.8) is 0 Å². The van der Waals surface area contributed by atoms with Crippen LogP contribution in [0.3, 0.4) is 0 Å². The van der Waals surface area contributed by atoms with Crippen LogP contribution in [0, 0.1) is 0 Å². The number of hydrogen-bond donors (Lipinski definition) is 0. The fourth-order valence-electron chi connectivity index (χ4n) is 7.20. The Morgan fingerprint density at radius 1 is 0.729 bits per heavy atom. The molecule has 5 heterocycles. The van der Waals surface area contributed by atoms with Gasteiger partial charge in [-0.2, -0.15) is 0 Å². The molecular weight excluding hydrogens is 589 g/mol. The maximum atomic E-state index is 5.17. The molecule has 6 aromatic rings. The van der Waals surface area contributed by atoms with Gasteiger partial charge in [0.2, 0.25) is 0 Å². The van der Waals surface area contributed by atoms with Crippen LogP contribution in [0.25, 0.3) is 55.7 Å². The van der Waals surface area contributed by atoms with Crippen LogP contribution < -0.4 is 4.90 Å². The molecule has 0 saturated heterocycles. The fourth-order valence-corrected chi connectivity index (χ4v) is 7.20. The Morgan fingerprint density at radius 2 is 1.52 bits per heavy atom. The molecule has 9 rings (SSSR count). The molecule has 1 unspecified atom stereocenters. The SMILES string of the molecule is CN1CC=Cc2c(-c3ccc(-c4ccc5ccc(C6=CC=C7C=CC(c8ncccn8)=NC7(C)C6)nc5c4)cc3)cc3cccnc3c21. The van der Waals surface area contributed by atoms with Gasteiger partial charge >= 0.3 is 0 Å². The van der Waals surface area contributed by atoms with Gasteiger partial charge in [0.1, 0.15) is 5.71 Å². The number of likely N-dealkylation sites (N-methyl/N-ethyl adjacent to an activating group) is 1. The predicted molar refractivity (Wildman–Crippen MR) is 197 cm³/mol. The van der Waals surface area contributed by atoms with Crippen molar-refractivity contribution >= 4 is 44.9 Å². The minimum absolute atomic E-state index is 0.403. The van der Waals surface area contributed by atoms with Crippen LogP contribution in [0.4, 0.5) is 5.69 Å². The molecule has 230 valence electrons. The molecule has 2 aliphatic heterocycles. The first-order valence-electron chi connectivity index (χ1n) is 16.3. The maximum absolute atomic E-state index is 5.17. The van der Waals surface area contributed by atoms with Gasteiger partial charge in [-0.15, -0.1) is 0 Å². The minimum atomic E-state index is -0.403. The zero-order valence-corrected chi connectivity index (χ0v) is 26.8. The third kappa shape index (κ3) is 4.76. The van der Waals surface area contributed by atoms with E-state index in [0.29, 0.717) is 5.82 Å². The van der Waals surface area contributed by atoms with E-state index in [-0.39, 0.29) is 0 Å². The zero-order valence-electron chi connectivity index (χ0n) is 26.8. The van der Waals surface area contributed by atoms with E-state index in [4.69, 9.17) is 15.0 Å². The number of benzene rings is 3. The normalized spacial score (nSPS) is 18.3. The van der Waals surface area contributed by atoms with E-state index in [1.165, 1.54) is 33.5 Å². The van der Waals surface area contributed by atoms with Gasteiger partial charge < -0.3 is 4.90 Å². The molecule has 0 radical (unpaired) electrons. The molecule has 0 saturated carbocycles. The van der Waals surface area contributed by atoms with Gasteiger partial charge in [0.05, 0.1) is 28.0 Å². The zero-order chi connectivity index (χ0) is 32.2. The summed E-state index contributed by atoms with van der Waals surface area (Å²) in [5.74, 6) is 0.646. The topological polar surface area (TPSA) is 67.2 Å². The molecule has 3 aromatic carbocycles. The Hall–Kier alpha value is -6.01. The molecule has 0 N–H and O–H groups in total. The van der Waals surface area contributed by atoms with Crippen LogP contribution >= 0.6 is 0 Å². The molecular formula is C42H32N6. The van der Waals surface area contributed by atoms with Crippen molar-refractivity contribution in [3.8, 4) is 22.3 Å². The molecule has 0 fully saturated rings. The number of rotatable bonds is 4. The average Bonchev–Trinajstić information content (AvgIpc) is 3.13. The van der Waals surface area contributed by atoms with Crippen molar-refractivity contribution in [2.75, 3.05) is 18.5 Å². The Kier molecular flexibility index (Phi) is 6.50. The maximum Gasteiger partial charge on any atom is 0.177 e. The molecule has 0 spiro atoms. The molecule has 3 aromatic heterocycles. The first kappa shape index (κ1) is 28.2. The summed E-state index contributed by atoms with van der Waals surface area (Å²) in [6, 6.07) is 28.0. The second-order valence-electron chi connectivity index (χ2n) is 12.9. The fraction of sp³-hybridized carbons (Fsp3) is 0.119. The number of pyridine rings is 2. The quantitative estimate of drug-likeness (QED) is 0.197. The lowest BCUT2D eigenvalue weighted by molar-refractivity contribution is 0.572. The summed E-state index contributed by atoms with van der Waals surface area (Å²) < 4.78 is 0. The summed E-state index contributed by atoms with van der Waals surface area (Å²) in [6.45, 7) is 3.06. The first-order chi connectivity index (χ1) is 23.5. The van der Waals surface area contributed by atoms with Gasteiger partial charge in [0, 0.05) is 54.9 Å². The van der Waals surface area contributed by atoms with Gasteiger partial charge in [-0.25, -0.2) is 15.0 Å². The molecule has 48 heavy (non-hydrogen) atoms. The minimum Gasteiger partial charge on any atom is -0.369 e. The standard InChI is InChI=1S/C42H32N6/c1-42-26-32(14-16-33(42)17-19-37(47-42)41-44-21-5-22-45-41)36-18-15-29-12-13-30(25-38(29)46-36)27-8-10-28(11-9-27)35-24-31-6-3-20-43-39(31)40-34(35)7-4-23-48(40)2/h3-22,24-25H,23,26H2,1-2H3. The van der Waals surface area contributed by atoms with Gasteiger partial charge in [-0.1, -0.05) is 78.9 Å². The summed E-state index contributed by atoms with van der Waals surface area (Å²) in [5, 5.41) is 2.27.